The number of thiazole rings is 1. The Kier molecular flexibility index (Phi) is 3.84. The first-order chi connectivity index (χ1) is 12.0. The third-order valence-electron chi connectivity index (χ3n) is 4.08. The normalized spacial score (nSPS) is 13.8. The van der Waals surface area contributed by atoms with E-state index >= 15 is 0 Å². The number of carbonyl (C=O) groups excluding carboxylic acids is 1. The van der Waals surface area contributed by atoms with E-state index in [1.165, 1.54) is 23.5 Å². The summed E-state index contributed by atoms with van der Waals surface area (Å²) in [4.78, 5) is 19.7. The van der Waals surface area contributed by atoms with Gasteiger partial charge in [0, 0.05) is 42.7 Å². The smallest absolute Gasteiger partial charge is 0.257 e. The molecule has 0 aliphatic carbocycles. The first kappa shape index (κ1) is 15.9. The average Bonchev–Trinajstić information content (AvgIpc) is 3.18. The van der Waals surface area contributed by atoms with E-state index in [0.29, 0.717) is 35.6 Å². The van der Waals surface area contributed by atoms with E-state index in [9.17, 15) is 13.6 Å². The Balaban J connectivity index is 1.60. The van der Waals surface area contributed by atoms with E-state index in [2.05, 4.69) is 10.1 Å². The second kappa shape index (κ2) is 6.03. The van der Waals surface area contributed by atoms with Gasteiger partial charge in [-0.25, -0.2) is 13.8 Å². The topological polar surface area (TPSA) is 51.0 Å². The monoisotopic (exact) mass is 360 g/mol. The number of fused-ring (bicyclic) bond motifs is 1. The Hall–Kier alpha value is -2.61. The van der Waals surface area contributed by atoms with Crippen LogP contribution in [0.5, 0.6) is 0 Å². The maximum absolute atomic E-state index is 13.4. The molecule has 8 heteroatoms. The number of nitrogens with zero attached hydrogens (tertiary/aromatic N) is 4. The van der Waals surface area contributed by atoms with Gasteiger partial charge in [0.25, 0.3) is 5.91 Å². The third kappa shape index (κ3) is 3.05. The second-order valence-corrected chi connectivity index (χ2v) is 7.01. The van der Waals surface area contributed by atoms with Crippen LogP contribution in [0.4, 0.5) is 8.78 Å². The van der Waals surface area contributed by atoms with E-state index in [1.54, 1.807) is 29.0 Å². The Labute approximate surface area is 146 Å². The standard InChI is InChI=1S/C17H14F2N4OS/c1-22-8-11(7-20-22)17(24)23-3-2-14-15(9-23)25-16(21-14)10-4-12(18)6-13(19)5-10/h4-8H,2-3,9H2,1H3. The summed E-state index contributed by atoms with van der Waals surface area (Å²) in [6, 6.07) is 3.38. The molecule has 3 heterocycles. The fourth-order valence-electron chi connectivity index (χ4n) is 2.88. The fraction of sp³-hybridized carbons (Fsp3) is 0.235. The van der Waals surface area contributed by atoms with Gasteiger partial charge in [-0.05, 0) is 12.1 Å². The summed E-state index contributed by atoms with van der Waals surface area (Å²) in [6.07, 6.45) is 3.85. The molecule has 0 bridgehead atoms. The highest BCUT2D eigenvalue weighted by Crippen LogP contribution is 2.32. The first-order valence-corrected chi connectivity index (χ1v) is 8.54. The van der Waals surface area contributed by atoms with Crippen LogP contribution in [0.15, 0.2) is 30.6 Å². The van der Waals surface area contributed by atoms with Gasteiger partial charge in [0.2, 0.25) is 0 Å². The molecule has 1 aliphatic heterocycles. The molecule has 1 aliphatic rings. The lowest BCUT2D eigenvalue weighted by atomic mass is 10.1. The molecule has 4 rings (SSSR count). The number of aromatic nitrogens is 3. The van der Waals surface area contributed by atoms with Crippen LogP contribution in [0, 0.1) is 11.6 Å². The Morgan fingerprint density at radius 1 is 1.24 bits per heavy atom. The number of amides is 1. The van der Waals surface area contributed by atoms with Crippen LogP contribution in [0.3, 0.4) is 0 Å². The molecule has 0 N–H and O–H groups in total. The van der Waals surface area contributed by atoms with Crippen molar-refractivity contribution in [3.63, 3.8) is 0 Å². The summed E-state index contributed by atoms with van der Waals surface area (Å²) in [5.41, 5.74) is 1.85. The van der Waals surface area contributed by atoms with Crippen molar-refractivity contribution in [2.24, 2.45) is 7.05 Å². The quantitative estimate of drug-likeness (QED) is 0.706. The zero-order chi connectivity index (χ0) is 17.6. The fourth-order valence-corrected chi connectivity index (χ4v) is 3.99. The van der Waals surface area contributed by atoms with Crippen LogP contribution in [0.25, 0.3) is 10.6 Å². The summed E-state index contributed by atoms with van der Waals surface area (Å²) >= 11 is 1.37. The van der Waals surface area contributed by atoms with Crippen molar-refractivity contribution in [3.05, 3.63) is 58.4 Å². The molecule has 0 spiro atoms. The van der Waals surface area contributed by atoms with Gasteiger partial charge in [0.05, 0.1) is 24.0 Å². The molecule has 5 nitrogen and oxygen atoms in total. The minimum Gasteiger partial charge on any atom is -0.333 e. The number of carbonyl (C=O) groups is 1. The SMILES string of the molecule is Cn1cc(C(=O)N2CCc3nc(-c4cc(F)cc(F)c4)sc3C2)cn1. The lowest BCUT2D eigenvalue weighted by molar-refractivity contribution is 0.0736. The third-order valence-corrected chi connectivity index (χ3v) is 5.21. The molecule has 0 radical (unpaired) electrons. The second-order valence-electron chi connectivity index (χ2n) is 5.93. The van der Waals surface area contributed by atoms with E-state index in [0.717, 1.165) is 16.6 Å². The molecule has 25 heavy (non-hydrogen) atoms. The van der Waals surface area contributed by atoms with E-state index < -0.39 is 11.6 Å². The van der Waals surface area contributed by atoms with Crippen LogP contribution in [-0.4, -0.2) is 32.1 Å². The molecule has 1 aromatic carbocycles. The number of hydrogen-bond acceptors (Lipinski definition) is 4. The van der Waals surface area contributed by atoms with Crippen molar-refractivity contribution in [3.8, 4) is 10.6 Å². The van der Waals surface area contributed by atoms with Crippen LogP contribution in [0.2, 0.25) is 0 Å². The molecular weight excluding hydrogens is 346 g/mol. The predicted octanol–water partition coefficient (Wildman–Crippen LogP) is 3.02. The van der Waals surface area contributed by atoms with Gasteiger partial charge in [-0.3, -0.25) is 9.48 Å². The minimum absolute atomic E-state index is 0.0782. The van der Waals surface area contributed by atoms with Crippen molar-refractivity contribution in [2.75, 3.05) is 6.54 Å². The van der Waals surface area contributed by atoms with Gasteiger partial charge in [0.15, 0.2) is 0 Å². The number of benzene rings is 1. The first-order valence-electron chi connectivity index (χ1n) is 7.72. The molecule has 2 aromatic heterocycles. The lowest BCUT2D eigenvalue weighted by Gasteiger charge is -2.25. The summed E-state index contributed by atoms with van der Waals surface area (Å²) in [5, 5.41) is 4.59. The Morgan fingerprint density at radius 2 is 2.00 bits per heavy atom. The van der Waals surface area contributed by atoms with Crippen molar-refractivity contribution in [2.45, 2.75) is 13.0 Å². The van der Waals surface area contributed by atoms with Gasteiger partial charge in [-0.1, -0.05) is 0 Å². The highest BCUT2D eigenvalue weighted by atomic mass is 32.1. The van der Waals surface area contributed by atoms with Crippen LogP contribution in [0.1, 0.15) is 20.9 Å². The van der Waals surface area contributed by atoms with Gasteiger partial charge in [0.1, 0.15) is 16.6 Å². The lowest BCUT2D eigenvalue weighted by Crippen LogP contribution is -2.35. The van der Waals surface area contributed by atoms with Gasteiger partial charge >= 0.3 is 0 Å². The largest absolute Gasteiger partial charge is 0.333 e. The van der Waals surface area contributed by atoms with Gasteiger partial charge in [-0.2, -0.15) is 5.10 Å². The number of halogens is 2. The van der Waals surface area contributed by atoms with Crippen molar-refractivity contribution >= 4 is 17.2 Å². The molecule has 1 amide bonds. The summed E-state index contributed by atoms with van der Waals surface area (Å²) in [7, 11) is 1.76. The summed E-state index contributed by atoms with van der Waals surface area (Å²) in [5.74, 6) is -1.33. The molecule has 0 saturated carbocycles. The van der Waals surface area contributed by atoms with Crippen molar-refractivity contribution in [1.29, 1.82) is 0 Å². The zero-order valence-electron chi connectivity index (χ0n) is 13.4. The van der Waals surface area contributed by atoms with Crippen molar-refractivity contribution < 1.29 is 13.6 Å². The maximum Gasteiger partial charge on any atom is 0.257 e. The molecule has 0 saturated heterocycles. The zero-order valence-corrected chi connectivity index (χ0v) is 14.2. The van der Waals surface area contributed by atoms with E-state index in [1.807, 2.05) is 0 Å². The molecule has 3 aromatic rings. The summed E-state index contributed by atoms with van der Waals surface area (Å²) in [6.45, 7) is 1.000. The maximum atomic E-state index is 13.4. The predicted molar refractivity (Wildman–Crippen MR) is 89.1 cm³/mol. The summed E-state index contributed by atoms with van der Waals surface area (Å²) < 4.78 is 28.5. The van der Waals surface area contributed by atoms with Gasteiger partial charge < -0.3 is 4.90 Å². The number of aryl methyl sites for hydroxylation is 1. The van der Waals surface area contributed by atoms with E-state index in [-0.39, 0.29) is 5.91 Å². The van der Waals surface area contributed by atoms with E-state index in [4.69, 9.17) is 0 Å². The molecular formula is C17H14F2N4OS. The molecule has 128 valence electrons. The molecule has 0 unspecified atom stereocenters. The number of rotatable bonds is 2. The minimum atomic E-state index is -0.628. The van der Waals surface area contributed by atoms with Gasteiger partial charge in [-0.15, -0.1) is 11.3 Å². The highest BCUT2D eigenvalue weighted by Gasteiger charge is 2.26. The van der Waals surface area contributed by atoms with Crippen molar-refractivity contribution in [1.82, 2.24) is 19.7 Å². The van der Waals surface area contributed by atoms with Crippen LogP contribution < -0.4 is 0 Å². The molecule has 0 atom stereocenters. The average molecular weight is 360 g/mol. The Morgan fingerprint density at radius 3 is 2.68 bits per heavy atom. The Bertz CT molecular complexity index is 945. The number of hydrogen-bond donors (Lipinski definition) is 0. The van der Waals surface area contributed by atoms with Crippen LogP contribution >= 0.6 is 11.3 Å². The molecule has 0 fully saturated rings. The van der Waals surface area contributed by atoms with Crippen LogP contribution in [-0.2, 0) is 20.0 Å². The highest BCUT2D eigenvalue weighted by molar-refractivity contribution is 7.15.